The number of nitrogen functional groups attached to an aromatic ring is 1. The van der Waals surface area contributed by atoms with E-state index < -0.39 is 0 Å². The Morgan fingerprint density at radius 3 is 2.65 bits per heavy atom. The Morgan fingerprint density at radius 1 is 1.18 bits per heavy atom. The van der Waals surface area contributed by atoms with E-state index in [0.29, 0.717) is 5.16 Å². The first kappa shape index (κ1) is 12.1. The van der Waals surface area contributed by atoms with Gasteiger partial charge in [-0.25, -0.2) is 0 Å². The molecule has 4 nitrogen and oxygen atoms in total. The molecular formula is C11H11ClN4S. The molecule has 0 radical (unpaired) electrons. The van der Waals surface area contributed by atoms with Crippen molar-refractivity contribution in [2.45, 2.75) is 23.9 Å². The molecule has 1 aromatic heterocycles. The minimum Gasteiger partial charge on any atom is -0.368 e. The van der Waals surface area contributed by atoms with E-state index in [1.54, 1.807) is 0 Å². The molecule has 0 saturated heterocycles. The number of rotatable bonds is 2. The van der Waals surface area contributed by atoms with E-state index in [2.05, 4.69) is 33.2 Å². The van der Waals surface area contributed by atoms with Crippen LogP contribution in [0.1, 0.15) is 11.1 Å². The third kappa shape index (κ3) is 3.08. The van der Waals surface area contributed by atoms with Crippen LogP contribution >= 0.6 is 23.4 Å². The maximum atomic E-state index is 5.73. The first-order chi connectivity index (χ1) is 8.04. The van der Waals surface area contributed by atoms with E-state index in [1.807, 2.05) is 13.8 Å². The smallest absolute Gasteiger partial charge is 0.228 e. The van der Waals surface area contributed by atoms with Crippen molar-refractivity contribution in [1.29, 1.82) is 0 Å². The van der Waals surface area contributed by atoms with Gasteiger partial charge in [0, 0.05) is 4.90 Å². The van der Waals surface area contributed by atoms with Gasteiger partial charge in [-0.15, -0.1) is 0 Å². The van der Waals surface area contributed by atoms with Gasteiger partial charge in [0.1, 0.15) is 0 Å². The number of nitrogens with zero attached hydrogens (tertiary/aromatic N) is 3. The number of anilines is 1. The van der Waals surface area contributed by atoms with Crippen molar-refractivity contribution in [2.24, 2.45) is 0 Å². The summed E-state index contributed by atoms with van der Waals surface area (Å²) in [5.74, 6) is 0.137. The highest BCUT2D eigenvalue weighted by atomic mass is 35.5. The van der Waals surface area contributed by atoms with Crippen molar-refractivity contribution in [1.82, 2.24) is 15.0 Å². The minimum absolute atomic E-state index is 0.116. The summed E-state index contributed by atoms with van der Waals surface area (Å²) in [5.41, 5.74) is 7.87. The maximum Gasteiger partial charge on any atom is 0.228 e. The van der Waals surface area contributed by atoms with Crippen molar-refractivity contribution in [3.63, 3.8) is 0 Å². The Morgan fingerprint density at radius 2 is 1.94 bits per heavy atom. The molecule has 6 heteroatoms. The highest BCUT2D eigenvalue weighted by Gasteiger charge is 2.07. The first-order valence-corrected chi connectivity index (χ1v) is 6.16. The van der Waals surface area contributed by atoms with Gasteiger partial charge in [0.25, 0.3) is 0 Å². The standard InChI is InChI=1S/C11H11ClN4S/c1-6-3-4-7(2)8(5-6)17-11-15-9(12)14-10(13)16-11/h3-5H,1-2H3,(H2,13,14,15,16). The van der Waals surface area contributed by atoms with Gasteiger partial charge in [0.05, 0.1) is 0 Å². The fourth-order valence-corrected chi connectivity index (χ4v) is 2.47. The normalized spacial score (nSPS) is 10.5. The van der Waals surface area contributed by atoms with Crippen molar-refractivity contribution in [3.8, 4) is 0 Å². The molecule has 0 saturated carbocycles. The predicted octanol–water partition coefficient (Wildman–Crippen LogP) is 2.88. The Hall–Kier alpha value is -1.33. The van der Waals surface area contributed by atoms with Crippen LogP contribution in [0, 0.1) is 13.8 Å². The van der Waals surface area contributed by atoms with Crippen LogP contribution in [0.5, 0.6) is 0 Å². The molecule has 2 rings (SSSR count). The second-order valence-electron chi connectivity index (χ2n) is 3.62. The van der Waals surface area contributed by atoms with E-state index in [4.69, 9.17) is 17.3 Å². The number of aromatic nitrogens is 3. The molecule has 1 heterocycles. The van der Waals surface area contributed by atoms with Crippen molar-refractivity contribution >= 4 is 29.3 Å². The Bertz CT molecular complexity index is 539. The molecule has 0 aliphatic rings. The van der Waals surface area contributed by atoms with Crippen molar-refractivity contribution < 1.29 is 0 Å². The molecular weight excluding hydrogens is 256 g/mol. The molecule has 0 fully saturated rings. The summed E-state index contributed by atoms with van der Waals surface area (Å²) in [5, 5.41) is 0.626. The molecule has 17 heavy (non-hydrogen) atoms. The average molecular weight is 267 g/mol. The van der Waals surface area contributed by atoms with Gasteiger partial charge >= 0.3 is 0 Å². The lowest BCUT2D eigenvalue weighted by Crippen LogP contribution is -1.99. The van der Waals surface area contributed by atoms with Crippen molar-refractivity contribution in [2.75, 3.05) is 5.73 Å². The summed E-state index contributed by atoms with van der Waals surface area (Å²) in [6.45, 7) is 4.08. The zero-order valence-corrected chi connectivity index (χ0v) is 11.0. The van der Waals surface area contributed by atoms with Gasteiger partial charge in [0.15, 0.2) is 5.16 Å². The fourth-order valence-electron chi connectivity index (χ4n) is 1.31. The van der Waals surface area contributed by atoms with Crippen LogP contribution in [0.25, 0.3) is 0 Å². The molecule has 0 bridgehead atoms. The van der Waals surface area contributed by atoms with Gasteiger partial charge in [-0.1, -0.05) is 12.1 Å². The third-order valence-corrected chi connectivity index (χ3v) is 3.34. The van der Waals surface area contributed by atoms with Gasteiger partial charge in [-0.3, -0.25) is 0 Å². The largest absolute Gasteiger partial charge is 0.368 e. The number of hydrogen-bond donors (Lipinski definition) is 1. The molecule has 0 spiro atoms. The summed E-state index contributed by atoms with van der Waals surface area (Å²) >= 11 is 7.16. The second-order valence-corrected chi connectivity index (χ2v) is 4.96. The lowest BCUT2D eigenvalue weighted by Gasteiger charge is -2.05. The Kier molecular flexibility index (Phi) is 3.49. The van der Waals surface area contributed by atoms with Gasteiger partial charge in [-0.2, -0.15) is 15.0 Å². The lowest BCUT2D eigenvalue weighted by atomic mass is 10.2. The van der Waals surface area contributed by atoms with E-state index >= 15 is 0 Å². The Labute approximate surface area is 109 Å². The second kappa shape index (κ2) is 4.89. The summed E-state index contributed by atoms with van der Waals surface area (Å²) < 4.78 is 0. The van der Waals surface area contributed by atoms with E-state index in [1.165, 1.54) is 17.3 Å². The lowest BCUT2D eigenvalue weighted by molar-refractivity contribution is 0.916. The molecule has 2 aromatic rings. The van der Waals surface area contributed by atoms with Gasteiger partial charge in [0.2, 0.25) is 11.2 Å². The number of nitrogens with two attached hydrogens (primary N) is 1. The Balaban J connectivity index is 2.34. The van der Waals surface area contributed by atoms with E-state index in [9.17, 15) is 0 Å². The highest BCUT2D eigenvalue weighted by molar-refractivity contribution is 7.99. The van der Waals surface area contributed by atoms with Crippen LogP contribution < -0.4 is 5.73 Å². The van der Waals surface area contributed by atoms with Crippen molar-refractivity contribution in [3.05, 3.63) is 34.6 Å². The molecule has 0 aliphatic carbocycles. The van der Waals surface area contributed by atoms with E-state index in [-0.39, 0.29) is 11.2 Å². The van der Waals surface area contributed by atoms with Crippen LogP contribution in [-0.4, -0.2) is 15.0 Å². The molecule has 0 amide bonds. The van der Waals surface area contributed by atoms with Crippen LogP contribution in [0.2, 0.25) is 5.28 Å². The maximum absolute atomic E-state index is 5.73. The van der Waals surface area contributed by atoms with Crippen LogP contribution in [0.15, 0.2) is 28.3 Å². The molecule has 88 valence electrons. The summed E-state index contributed by atoms with van der Waals surface area (Å²) in [6, 6.07) is 6.20. The van der Waals surface area contributed by atoms with Crippen LogP contribution in [-0.2, 0) is 0 Å². The van der Waals surface area contributed by atoms with Gasteiger partial charge < -0.3 is 5.73 Å². The summed E-state index contributed by atoms with van der Waals surface area (Å²) in [6.07, 6.45) is 0. The topological polar surface area (TPSA) is 64.7 Å². The number of halogens is 1. The summed E-state index contributed by atoms with van der Waals surface area (Å²) in [7, 11) is 0. The fraction of sp³-hybridized carbons (Fsp3) is 0.182. The molecule has 2 N–H and O–H groups in total. The molecule has 0 aliphatic heterocycles. The van der Waals surface area contributed by atoms with Gasteiger partial charge in [-0.05, 0) is 54.4 Å². The number of hydrogen-bond acceptors (Lipinski definition) is 5. The highest BCUT2D eigenvalue weighted by Crippen LogP contribution is 2.29. The third-order valence-electron chi connectivity index (χ3n) is 2.15. The zero-order chi connectivity index (χ0) is 12.4. The first-order valence-electron chi connectivity index (χ1n) is 4.97. The zero-order valence-electron chi connectivity index (χ0n) is 9.44. The minimum atomic E-state index is 0.116. The molecule has 1 aromatic carbocycles. The molecule has 0 atom stereocenters. The number of benzene rings is 1. The quantitative estimate of drug-likeness (QED) is 0.905. The average Bonchev–Trinajstić information content (AvgIpc) is 2.22. The summed E-state index contributed by atoms with van der Waals surface area (Å²) in [4.78, 5) is 12.9. The predicted molar refractivity (Wildman–Crippen MR) is 69.3 cm³/mol. The monoisotopic (exact) mass is 266 g/mol. The van der Waals surface area contributed by atoms with E-state index in [0.717, 1.165) is 10.5 Å². The molecule has 0 unspecified atom stereocenters. The van der Waals surface area contributed by atoms with Crippen LogP contribution in [0.4, 0.5) is 5.95 Å². The number of aryl methyl sites for hydroxylation is 2. The SMILES string of the molecule is Cc1ccc(C)c(Sc2nc(N)nc(Cl)n2)c1. The van der Waals surface area contributed by atoms with Crippen LogP contribution in [0.3, 0.4) is 0 Å².